The third-order valence-corrected chi connectivity index (χ3v) is 2.62. The van der Waals surface area contributed by atoms with Crippen molar-refractivity contribution in [1.29, 1.82) is 0 Å². The van der Waals surface area contributed by atoms with Gasteiger partial charge in [-0.25, -0.2) is 0 Å². The van der Waals surface area contributed by atoms with Crippen LogP contribution in [-0.2, 0) is 6.18 Å². The second-order valence-electron chi connectivity index (χ2n) is 3.58. The summed E-state index contributed by atoms with van der Waals surface area (Å²) in [7, 11) is 0. The van der Waals surface area contributed by atoms with Gasteiger partial charge in [-0.15, -0.1) is 0 Å². The molecule has 0 atom stereocenters. The second kappa shape index (κ2) is 4.86. The zero-order valence-corrected chi connectivity index (χ0v) is 9.76. The molecule has 1 heterocycles. The predicted octanol–water partition coefficient (Wildman–Crippen LogP) is 4.25. The summed E-state index contributed by atoms with van der Waals surface area (Å²) in [4.78, 5) is 0. The smallest absolute Gasteiger partial charge is 0.278 e. The third kappa shape index (κ3) is 2.92. The van der Waals surface area contributed by atoms with Crippen molar-refractivity contribution in [3.8, 4) is 0 Å². The summed E-state index contributed by atoms with van der Waals surface area (Å²) in [5.74, 6) is 0. The molecule has 1 aromatic carbocycles. The van der Waals surface area contributed by atoms with Gasteiger partial charge < -0.3 is 0 Å². The Hall–Kier alpha value is -1.75. The lowest BCUT2D eigenvalue weighted by Crippen LogP contribution is -2.04. The number of halogens is 4. The minimum absolute atomic E-state index is 0.0561. The van der Waals surface area contributed by atoms with Crippen molar-refractivity contribution in [2.24, 2.45) is 0 Å². The van der Waals surface area contributed by atoms with Gasteiger partial charge in [0.05, 0.1) is 11.3 Å². The van der Waals surface area contributed by atoms with Crippen molar-refractivity contribution < 1.29 is 13.2 Å². The number of hydrogen-bond donors (Lipinski definition) is 1. The van der Waals surface area contributed by atoms with E-state index in [2.05, 4.69) is 10.2 Å². The number of alkyl halides is 3. The van der Waals surface area contributed by atoms with E-state index in [4.69, 9.17) is 11.6 Å². The van der Waals surface area contributed by atoms with Crippen LogP contribution in [0.1, 0.15) is 16.8 Å². The highest BCUT2D eigenvalue weighted by Gasteiger charge is 2.30. The van der Waals surface area contributed by atoms with E-state index < -0.39 is 11.7 Å². The molecule has 2 rings (SSSR count). The number of H-pyrrole nitrogens is 1. The first-order chi connectivity index (χ1) is 8.47. The zero-order valence-electron chi connectivity index (χ0n) is 9.00. The summed E-state index contributed by atoms with van der Waals surface area (Å²) in [6, 6.07) is 4.97. The maximum atomic E-state index is 12.4. The summed E-state index contributed by atoms with van der Waals surface area (Å²) in [5, 5.41) is 6.50. The molecule has 94 valence electrons. The van der Waals surface area contributed by atoms with E-state index in [0.717, 1.165) is 17.8 Å². The molecule has 2 aromatic rings. The Kier molecular flexibility index (Phi) is 3.43. The Morgan fingerprint density at radius 3 is 2.50 bits per heavy atom. The van der Waals surface area contributed by atoms with Gasteiger partial charge in [0.25, 0.3) is 0 Å². The molecule has 18 heavy (non-hydrogen) atoms. The molecule has 1 aromatic heterocycles. The first-order valence-electron chi connectivity index (χ1n) is 5.01. The average molecular weight is 273 g/mol. The van der Waals surface area contributed by atoms with Crippen LogP contribution in [0.3, 0.4) is 0 Å². The Morgan fingerprint density at radius 2 is 1.94 bits per heavy atom. The number of nitrogens with zero attached hydrogens (tertiary/aromatic N) is 1. The second-order valence-corrected chi connectivity index (χ2v) is 3.99. The molecule has 0 saturated heterocycles. The zero-order chi connectivity index (χ0) is 13.2. The van der Waals surface area contributed by atoms with Crippen LogP contribution < -0.4 is 0 Å². The molecular weight excluding hydrogens is 265 g/mol. The quantitative estimate of drug-likeness (QED) is 0.870. The maximum Gasteiger partial charge on any atom is 0.416 e. The lowest BCUT2D eigenvalue weighted by Gasteiger charge is -2.07. The topological polar surface area (TPSA) is 28.7 Å². The van der Waals surface area contributed by atoms with E-state index in [1.165, 1.54) is 6.07 Å². The molecule has 0 aliphatic heterocycles. The highest BCUT2D eigenvalue weighted by atomic mass is 35.5. The molecule has 1 N–H and O–H groups in total. The van der Waals surface area contributed by atoms with Crippen LogP contribution in [0, 0.1) is 0 Å². The Balaban J connectivity index is 2.26. The molecule has 0 aliphatic rings. The molecule has 0 saturated carbocycles. The highest BCUT2D eigenvalue weighted by Crippen LogP contribution is 2.32. The molecule has 0 spiro atoms. The fourth-order valence-electron chi connectivity index (χ4n) is 1.38. The summed E-state index contributed by atoms with van der Waals surface area (Å²) in [5.41, 5.74) is 0.497. The maximum absolute atomic E-state index is 12.4. The van der Waals surface area contributed by atoms with E-state index in [-0.39, 0.29) is 5.02 Å². The molecule has 2 nitrogen and oxygen atoms in total. The Bertz CT molecular complexity index is 559. The molecule has 0 fully saturated rings. The van der Waals surface area contributed by atoms with Gasteiger partial charge in [-0.3, -0.25) is 5.10 Å². The standard InChI is InChI=1S/C12H8ClF3N2/c13-11-7-9(12(14,15)16)3-1-8(11)2-4-10-5-6-17-18-10/h1-7H,(H,17,18). The van der Waals surface area contributed by atoms with E-state index in [9.17, 15) is 13.2 Å². The summed E-state index contributed by atoms with van der Waals surface area (Å²) >= 11 is 5.80. The average Bonchev–Trinajstić information content (AvgIpc) is 2.79. The predicted molar refractivity (Wildman–Crippen MR) is 64.0 cm³/mol. The lowest BCUT2D eigenvalue weighted by molar-refractivity contribution is -0.137. The van der Waals surface area contributed by atoms with Crippen molar-refractivity contribution in [2.45, 2.75) is 6.18 Å². The first-order valence-corrected chi connectivity index (χ1v) is 5.39. The largest absolute Gasteiger partial charge is 0.416 e. The minimum atomic E-state index is -4.38. The Labute approximate surface area is 106 Å². The third-order valence-electron chi connectivity index (χ3n) is 2.29. The highest BCUT2D eigenvalue weighted by molar-refractivity contribution is 6.32. The summed E-state index contributed by atoms with van der Waals surface area (Å²) in [6.45, 7) is 0. The van der Waals surface area contributed by atoms with Gasteiger partial charge in [-0.2, -0.15) is 18.3 Å². The van der Waals surface area contributed by atoms with Crippen LogP contribution in [0.2, 0.25) is 5.02 Å². The van der Waals surface area contributed by atoms with E-state index in [0.29, 0.717) is 5.56 Å². The van der Waals surface area contributed by atoms with Gasteiger partial charge in [0.1, 0.15) is 0 Å². The van der Waals surface area contributed by atoms with Crippen LogP contribution in [0.5, 0.6) is 0 Å². The number of rotatable bonds is 2. The van der Waals surface area contributed by atoms with Crippen molar-refractivity contribution in [2.75, 3.05) is 0 Å². The van der Waals surface area contributed by atoms with Crippen molar-refractivity contribution in [1.82, 2.24) is 10.2 Å². The number of benzene rings is 1. The van der Waals surface area contributed by atoms with Crippen LogP contribution in [0.15, 0.2) is 30.5 Å². The van der Waals surface area contributed by atoms with Crippen LogP contribution >= 0.6 is 11.6 Å². The summed E-state index contributed by atoms with van der Waals surface area (Å²) < 4.78 is 37.3. The number of aromatic amines is 1. The number of nitrogens with one attached hydrogen (secondary N) is 1. The molecule has 0 amide bonds. The molecule has 0 radical (unpaired) electrons. The molecule has 0 unspecified atom stereocenters. The Morgan fingerprint density at radius 1 is 1.17 bits per heavy atom. The molecule has 6 heteroatoms. The molecule has 0 bridgehead atoms. The fraction of sp³-hybridized carbons (Fsp3) is 0.0833. The van der Waals surface area contributed by atoms with Crippen molar-refractivity contribution in [3.05, 3.63) is 52.3 Å². The van der Waals surface area contributed by atoms with Crippen LogP contribution in [0.4, 0.5) is 13.2 Å². The van der Waals surface area contributed by atoms with Crippen molar-refractivity contribution >= 4 is 23.8 Å². The molecular formula is C12H8ClF3N2. The minimum Gasteiger partial charge on any atom is -0.278 e. The lowest BCUT2D eigenvalue weighted by atomic mass is 10.1. The van der Waals surface area contributed by atoms with Crippen LogP contribution in [0.25, 0.3) is 12.2 Å². The molecule has 0 aliphatic carbocycles. The van der Waals surface area contributed by atoms with Gasteiger partial charge in [0.2, 0.25) is 0 Å². The van der Waals surface area contributed by atoms with E-state index in [1.54, 1.807) is 24.4 Å². The van der Waals surface area contributed by atoms with Crippen molar-refractivity contribution in [3.63, 3.8) is 0 Å². The fourth-order valence-corrected chi connectivity index (χ4v) is 1.62. The van der Waals surface area contributed by atoms with E-state index >= 15 is 0 Å². The van der Waals surface area contributed by atoms with E-state index in [1.807, 2.05) is 0 Å². The van der Waals surface area contributed by atoms with Gasteiger partial charge >= 0.3 is 6.18 Å². The summed E-state index contributed by atoms with van der Waals surface area (Å²) in [6.07, 6.45) is 0.501. The van der Waals surface area contributed by atoms with Gasteiger partial charge in [-0.05, 0) is 29.8 Å². The number of hydrogen-bond acceptors (Lipinski definition) is 1. The monoisotopic (exact) mass is 272 g/mol. The van der Waals surface area contributed by atoms with Gasteiger partial charge in [0, 0.05) is 11.2 Å². The number of aromatic nitrogens is 2. The van der Waals surface area contributed by atoms with Crippen LogP contribution in [-0.4, -0.2) is 10.2 Å². The normalized spacial score (nSPS) is 12.2. The van der Waals surface area contributed by atoms with Gasteiger partial charge in [0.15, 0.2) is 0 Å². The van der Waals surface area contributed by atoms with Gasteiger partial charge in [-0.1, -0.05) is 23.7 Å². The first kappa shape index (κ1) is 12.7. The SMILES string of the molecule is FC(F)(F)c1ccc(C=Cc2ccn[nH]2)c(Cl)c1.